The van der Waals surface area contributed by atoms with Gasteiger partial charge < -0.3 is 0 Å². The van der Waals surface area contributed by atoms with Crippen molar-refractivity contribution >= 4 is 5.78 Å². The summed E-state index contributed by atoms with van der Waals surface area (Å²) >= 11 is 0. The first-order chi connectivity index (χ1) is 6.99. The lowest BCUT2D eigenvalue weighted by molar-refractivity contribution is -0.121. The largest absolute Gasteiger partial charge is 0.294 e. The van der Waals surface area contributed by atoms with Crippen LogP contribution >= 0.6 is 0 Å². The van der Waals surface area contributed by atoms with Crippen LogP contribution in [0, 0.1) is 5.41 Å². The summed E-state index contributed by atoms with van der Waals surface area (Å²) in [5.41, 5.74) is 1.58. The second-order valence-electron chi connectivity index (χ2n) is 4.31. The summed E-state index contributed by atoms with van der Waals surface area (Å²) in [6.07, 6.45) is 10.4. The van der Waals surface area contributed by atoms with Gasteiger partial charge in [-0.05, 0) is 32.8 Å². The van der Waals surface area contributed by atoms with E-state index < -0.39 is 0 Å². The van der Waals surface area contributed by atoms with Crippen LogP contribution in [-0.2, 0) is 4.79 Å². The zero-order valence-electron chi connectivity index (χ0n) is 9.71. The second kappa shape index (κ2) is 4.43. The number of hydrogen-bond acceptors (Lipinski definition) is 1. The van der Waals surface area contributed by atoms with Gasteiger partial charge in [0, 0.05) is 0 Å². The molecular weight excluding hydrogens is 184 g/mol. The molecule has 1 rings (SSSR count). The van der Waals surface area contributed by atoms with Gasteiger partial charge in [-0.15, -0.1) is 0 Å². The van der Waals surface area contributed by atoms with Gasteiger partial charge in [0.15, 0.2) is 5.78 Å². The number of carbonyl (C=O) groups excluding carboxylic acids is 1. The molecule has 0 saturated carbocycles. The third kappa shape index (κ3) is 2.56. The van der Waals surface area contributed by atoms with Crippen LogP contribution in [0.2, 0.25) is 0 Å². The average Bonchev–Trinajstić information content (AvgIpc) is 2.23. The van der Waals surface area contributed by atoms with Crippen LogP contribution in [0.3, 0.4) is 0 Å². The molecule has 1 unspecified atom stereocenters. The lowest BCUT2D eigenvalue weighted by atomic mass is 9.76. The number of allylic oxidation sites excluding steroid dienone is 7. The van der Waals surface area contributed by atoms with Crippen molar-refractivity contribution in [3.05, 3.63) is 48.1 Å². The monoisotopic (exact) mass is 202 g/mol. The predicted molar refractivity (Wildman–Crippen MR) is 64.6 cm³/mol. The van der Waals surface area contributed by atoms with Gasteiger partial charge >= 0.3 is 0 Å². The normalized spacial score (nSPS) is 26.5. The van der Waals surface area contributed by atoms with Crippen LogP contribution in [0.15, 0.2) is 48.1 Å². The minimum absolute atomic E-state index is 0.220. The molecule has 0 radical (unpaired) electrons. The van der Waals surface area contributed by atoms with Gasteiger partial charge in [-0.1, -0.05) is 42.5 Å². The molecule has 15 heavy (non-hydrogen) atoms. The molecule has 80 valence electrons. The van der Waals surface area contributed by atoms with E-state index in [2.05, 4.69) is 12.7 Å². The Morgan fingerprint density at radius 3 is 2.87 bits per heavy atom. The third-order valence-corrected chi connectivity index (χ3v) is 2.86. The SMILES string of the molecule is C=C/C(C)=C\CC1(C)C=CC=C(C)C1=O. The minimum Gasteiger partial charge on any atom is -0.294 e. The Balaban J connectivity index is 2.85. The van der Waals surface area contributed by atoms with Crippen LogP contribution < -0.4 is 0 Å². The van der Waals surface area contributed by atoms with Crippen molar-refractivity contribution in [1.29, 1.82) is 0 Å². The fourth-order valence-corrected chi connectivity index (χ4v) is 1.62. The van der Waals surface area contributed by atoms with Gasteiger partial charge in [-0.3, -0.25) is 4.79 Å². The zero-order chi connectivity index (χ0) is 11.5. The number of rotatable bonds is 3. The Hall–Kier alpha value is -1.37. The molecule has 0 aromatic heterocycles. The Morgan fingerprint density at radius 1 is 1.60 bits per heavy atom. The van der Waals surface area contributed by atoms with Gasteiger partial charge in [0.05, 0.1) is 5.41 Å². The maximum absolute atomic E-state index is 12.0. The molecule has 0 aromatic rings. The lowest BCUT2D eigenvalue weighted by Crippen LogP contribution is -2.27. The fourth-order valence-electron chi connectivity index (χ4n) is 1.62. The molecular formula is C14H18O. The lowest BCUT2D eigenvalue weighted by Gasteiger charge is -2.25. The smallest absolute Gasteiger partial charge is 0.168 e. The summed E-state index contributed by atoms with van der Waals surface area (Å²) in [6.45, 7) is 9.55. The zero-order valence-corrected chi connectivity index (χ0v) is 9.71. The van der Waals surface area contributed by atoms with E-state index in [0.29, 0.717) is 0 Å². The van der Waals surface area contributed by atoms with E-state index in [1.165, 1.54) is 0 Å². The molecule has 0 spiro atoms. The fraction of sp³-hybridized carbons (Fsp3) is 0.357. The van der Waals surface area contributed by atoms with Gasteiger partial charge in [-0.2, -0.15) is 0 Å². The van der Waals surface area contributed by atoms with Crippen molar-refractivity contribution < 1.29 is 4.79 Å². The summed E-state index contributed by atoms with van der Waals surface area (Å²) in [6, 6.07) is 0. The van der Waals surface area contributed by atoms with Crippen molar-refractivity contribution in [3.8, 4) is 0 Å². The van der Waals surface area contributed by atoms with Crippen LogP contribution in [0.4, 0.5) is 0 Å². The predicted octanol–water partition coefficient (Wildman–Crippen LogP) is 3.60. The first-order valence-electron chi connectivity index (χ1n) is 5.20. The number of hydrogen-bond donors (Lipinski definition) is 0. The van der Waals surface area contributed by atoms with E-state index in [-0.39, 0.29) is 11.2 Å². The summed E-state index contributed by atoms with van der Waals surface area (Å²) in [5, 5.41) is 0. The summed E-state index contributed by atoms with van der Waals surface area (Å²) in [7, 11) is 0. The van der Waals surface area contributed by atoms with Crippen molar-refractivity contribution in [2.45, 2.75) is 27.2 Å². The Morgan fingerprint density at radius 2 is 2.27 bits per heavy atom. The van der Waals surface area contributed by atoms with Gasteiger partial charge in [-0.25, -0.2) is 0 Å². The van der Waals surface area contributed by atoms with Gasteiger partial charge in [0.2, 0.25) is 0 Å². The van der Waals surface area contributed by atoms with E-state index >= 15 is 0 Å². The average molecular weight is 202 g/mol. The number of ketones is 1. The molecule has 1 atom stereocenters. The molecule has 0 aromatic carbocycles. The number of carbonyl (C=O) groups is 1. The van der Waals surface area contributed by atoms with E-state index in [1.807, 2.05) is 45.1 Å². The van der Waals surface area contributed by atoms with Crippen molar-refractivity contribution in [2.75, 3.05) is 0 Å². The van der Waals surface area contributed by atoms with Crippen molar-refractivity contribution in [2.24, 2.45) is 5.41 Å². The minimum atomic E-state index is -0.372. The highest BCUT2D eigenvalue weighted by molar-refractivity contribution is 6.01. The highest BCUT2D eigenvalue weighted by atomic mass is 16.1. The third-order valence-electron chi connectivity index (χ3n) is 2.86. The molecule has 0 aliphatic heterocycles. The standard InChI is InChI=1S/C14H18O/c1-5-11(2)8-10-14(4)9-6-7-12(3)13(14)15/h5-9H,1,10H2,2-4H3/b11-8-. The molecule has 1 nitrogen and oxygen atoms in total. The molecule has 1 aliphatic carbocycles. The summed E-state index contributed by atoms with van der Waals surface area (Å²) < 4.78 is 0. The van der Waals surface area contributed by atoms with Gasteiger partial charge in [0.25, 0.3) is 0 Å². The van der Waals surface area contributed by atoms with Crippen LogP contribution in [-0.4, -0.2) is 5.78 Å². The van der Waals surface area contributed by atoms with Crippen LogP contribution in [0.1, 0.15) is 27.2 Å². The first kappa shape index (κ1) is 11.7. The maximum atomic E-state index is 12.0. The topological polar surface area (TPSA) is 17.1 Å². The highest BCUT2D eigenvalue weighted by Crippen LogP contribution is 2.31. The van der Waals surface area contributed by atoms with Crippen LogP contribution in [0.25, 0.3) is 0 Å². The van der Waals surface area contributed by atoms with E-state index in [4.69, 9.17) is 0 Å². The Kier molecular flexibility index (Phi) is 3.46. The Bertz CT molecular complexity index is 369. The molecule has 0 fully saturated rings. The van der Waals surface area contributed by atoms with E-state index in [9.17, 15) is 4.79 Å². The van der Waals surface area contributed by atoms with E-state index in [0.717, 1.165) is 17.6 Å². The molecule has 0 saturated heterocycles. The Labute approximate surface area is 91.9 Å². The first-order valence-corrected chi connectivity index (χ1v) is 5.20. The quantitative estimate of drug-likeness (QED) is 0.639. The second-order valence-corrected chi connectivity index (χ2v) is 4.31. The molecule has 0 bridgehead atoms. The maximum Gasteiger partial charge on any atom is 0.168 e. The molecule has 0 heterocycles. The summed E-state index contributed by atoms with van der Waals surface area (Å²) in [5.74, 6) is 0.220. The molecule has 0 amide bonds. The highest BCUT2D eigenvalue weighted by Gasteiger charge is 2.31. The molecule has 1 heteroatoms. The van der Waals surface area contributed by atoms with Gasteiger partial charge in [0.1, 0.15) is 0 Å². The van der Waals surface area contributed by atoms with Crippen LogP contribution in [0.5, 0.6) is 0 Å². The number of Topliss-reactive ketones (excluding diaryl/α,β-unsaturated/α-hetero) is 1. The van der Waals surface area contributed by atoms with E-state index in [1.54, 1.807) is 0 Å². The van der Waals surface area contributed by atoms with Crippen molar-refractivity contribution in [1.82, 2.24) is 0 Å². The molecule has 0 N–H and O–H groups in total. The van der Waals surface area contributed by atoms with Crippen molar-refractivity contribution in [3.63, 3.8) is 0 Å². The summed E-state index contributed by atoms with van der Waals surface area (Å²) in [4.78, 5) is 12.0. The molecule has 1 aliphatic rings.